The van der Waals surface area contributed by atoms with Gasteiger partial charge in [-0.3, -0.25) is 0 Å². The van der Waals surface area contributed by atoms with Crippen molar-refractivity contribution >= 4 is 68.3 Å². The fourth-order valence-corrected chi connectivity index (χ4v) is 10.2. The average Bonchev–Trinajstić information content (AvgIpc) is 3.03. The number of fused-ring (bicyclic) bond motifs is 12. The van der Waals surface area contributed by atoms with Crippen LogP contribution in [-0.2, 0) is 6.42 Å². The van der Waals surface area contributed by atoms with E-state index < -0.39 is 11.9 Å². The van der Waals surface area contributed by atoms with E-state index in [4.69, 9.17) is 27.9 Å². The highest BCUT2D eigenvalue weighted by molar-refractivity contribution is 6.40. The molecule has 5 nitrogen and oxygen atoms in total. The zero-order valence-corrected chi connectivity index (χ0v) is 30.4. The lowest BCUT2D eigenvalue weighted by molar-refractivity contribution is 0.0681. The summed E-state index contributed by atoms with van der Waals surface area (Å²) >= 11 is 13.9. The van der Waals surface area contributed by atoms with E-state index in [0.29, 0.717) is 27.9 Å². The molecule has 0 saturated carbocycles. The number of hydrogen-bond donors (Lipinski definition) is 2. The largest absolute Gasteiger partial charge is 0.478 e. The highest BCUT2D eigenvalue weighted by Crippen LogP contribution is 2.55. The minimum Gasteiger partial charge on any atom is -0.478 e. The van der Waals surface area contributed by atoms with E-state index in [1.807, 2.05) is 36.4 Å². The highest BCUT2D eigenvalue weighted by Gasteiger charge is 2.41. The first-order chi connectivity index (χ1) is 23.6. The Balaban J connectivity index is 1.73. The first-order valence-electron chi connectivity index (χ1n) is 17.2. The molecule has 3 aliphatic rings. The molecule has 1 heterocycles. The minimum absolute atomic E-state index is 0.0517. The molecule has 0 aromatic heterocycles. The summed E-state index contributed by atoms with van der Waals surface area (Å²) < 4.78 is 7.39. The molecule has 7 heteroatoms. The van der Waals surface area contributed by atoms with Gasteiger partial charge in [-0.1, -0.05) is 119 Å². The van der Waals surface area contributed by atoms with Gasteiger partial charge in [-0.25, -0.2) is 9.59 Å². The summed E-state index contributed by atoms with van der Waals surface area (Å²) in [6, 6.07) is 17.4. The number of carbonyl (C=O) groups is 2. The van der Waals surface area contributed by atoms with Gasteiger partial charge in [0, 0.05) is 33.0 Å². The number of halogens is 2. The third kappa shape index (κ3) is 4.73. The van der Waals surface area contributed by atoms with Crippen LogP contribution in [0.4, 0.5) is 0 Å². The number of carboxylic acids is 2. The molecule has 50 heavy (non-hydrogen) atoms. The highest BCUT2D eigenvalue weighted by atomic mass is 35.5. The maximum atomic E-state index is 13.2. The van der Waals surface area contributed by atoms with Crippen LogP contribution in [-0.4, -0.2) is 22.2 Å². The molecule has 8 rings (SSSR count). The van der Waals surface area contributed by atoms with E-state index in [0.717, 1.165) is 63.2 Å². The molecule has 2 unspecified atom stereocenters. The van der Waals surface area contributed by atoms with Crippen LogP contribution in [0.2, 0.25) is 10.0 Å². The van der Waals surface area contributed by atoms with Crippen LogP contribution < -0.4 is 15.2 Å². The molecule has 0 radical (unpaired) electrons. The van der Waals surface area contributed by atoms with E-state index in [-0.39, 0.29) is 49.4 Å². The van der Waals surface area contributed by atoms with Crippen molar-refractivity contribution in [3.05, 3.63) is 114 Å². The summed E-state index contributed by atoms with van der Waals surface area (Å²) in [4.78, 5) is 25.9. The van der Waals surface area contributed by atoms with Crippen molar-refractivity contribution in [2.45, 2.75) is 72.6 Å². The molecule has 0 amide bonds. The van der Waals surface area contributed by atoms with Crippen molar-refractivity contribution in [1.29, 1.82) is 0 Å². The van der Waals surface area contributed by atoms with Gasteiger partial charge in [0.15, 0.2) is 0 Å². The van der Waals surface area contributed by atoms with Gasteiger partial charge in [0.1, 0.15) is 11.5 Å². The van der Waals surface area contributed by atoms with Crippen molar-refractivity contribution in [2.24, 2.45) is 10.8 Å². The molecule has 1 aliphatic heterocycles. The molecule has 0 fully saturated rings. The zero-order chi connectivity index (χ0) is 35.6. The summed E-state index contributed by atoms with van der Waals surface area (Å²) in [7, 11) is 0. The molecule has 2 N–H and O–H groups in total. The van der Waals surface area contributed by atoms with Crippen molar-refractivity contribution in [2.75, 3.05) is 0 Å². The summed E-state index contributed by atoms with van der Waals surface area (Å²) in [6.07, 6.45) is 5.01. The Bertz CT molecular complexity index is 2510. The number of hydrogen-bond acceptors (Lipinski definition) is 3. The Morgan fingerprint density at radius 1 is 0.780 bits per heavy atom. The molecule has 254 valence electrons. The number of rotatable bonds is 3. The summed E-state index contributed by atoms with van der Waals surface area (Å²) in [5.41, 5.74) is 4.18. The van der Waals surface area contributed by atoms with E-state index in [1.54, 1.807) is 0 Å². The molecule has 2 atom stereocenters. The summed E-state index contributed by atoms with van der Waals surface area (Å²) in [5.74, 6) is -1.02. The Labute approximate surface area is 300 Å². The van der Waals surface area contributed by atoms with Gasteiger partial charge in [-0.15, -0.1) is 0 Å². The van der Waals surface area contributed by atoms with E-state index in [1.165, 1.54) is 5.56 Å². The Morgan fingerprint density at radius 3 is 2.06 bits per heavy atom. The SMILES string of the molecule is CC1CC(C)(C)Cc2c1c1c(c3ccccc23)C(c2c(Cl)c(C(=O)O)cc(Cl)c2C(=O)O)=c2c(c3c(c4ccccc24)=CC(C)(C)CC3C)O1. The van der Waals surface area contributed by atoms with Crippen LogP contribution in [0.3, 0.4) is 0 Å². The van der Waals surface area contributed by atoms with Crippen LogP contribution >= 0.6 is 23.2 Å². The lowest BCUT2D eigenvalue weighted by atomic mass is 9.67. The lowest BCUT2D eigenvalue weighted by Gasteiger charge is -2.40. The van der Waals surface area contributed by atoms with Crippen LogP contribution in [0.15, 0.2) is 54.6 Å². The molecule has 5 aromatic carbocycles. The van der Waals surface area contributed by atoms with Crippen molar-refractivity contribution in [1.82, 2.24) is 0 Å². The third-order valence-corrected chi connectivity index (χ3v) is 11.7. The zero-order valence-electron chi connectivity index (χ0n) is 28.9. The van der Waals surface area contributed by atoms with Gasteiger partial charge in [-0.2, -0.15) is 0 Å². The maximum Gasteiger partial charge on any atom is 0.337 e. The quantitative estimate of drug-likeness (QED) is 0.192. The van der Waals surface area contributed by atoms with Crippen LogP contribution in [0, 0.1) is 10.8 Å². The number of aromatic carboxylic acids is 2. The smallest absolute Gasteiger partial charge is 0.337 e. The van der Waals surface area contributed by atoms with E-state index in [9.17, 15) is 19.8 Å². The molecule has 5 aromatic rings. The van der Waals surface area contributed by atoms with Gasteiger partial charge in [0.05, 0.1) is 21.2 Å². The molecule has 0 spiro atoms. The van der Waals surface area contributed by atoms with Gasteiger partial charge >= 0.3 is 11.9 Å². The standard InChI is InChI=1S/C43H38Cl2O5/c1-20-16-42(3,4)18-27-22-11-7-9-13-24(22)32-35(36-34(41(48)49)29(44)15-26(37(36)45)40(46)47)33-25-14-10-8-12-23(25)28-19-43(5,6)17-21(2)31(28)39(33)50-38(32)30(20)27/h7-15,18,20-21H,16-17,19H2,1-6H3,(H,46,47)(H,48,49). The predicted molar refractivity (Wildman–Crippen MR) is 201 cm³/mol. The fraction of sp³-hybridized carbons (Fsp3) is 0.302. The van der Waals surface area contributed by atoms with Gasteiger partial charge in [0.2, 0.25) is 0 Å². The molecule has 0 bridgehead atoms. The fourth-order valence-electron chi connectivity index (χ4n) is 9.55. The van der Waals surface area contributed by atoms with Crippen molar-refractivity contribution in [3.63, 3.8) is 0 Å². The van der Waals surface area contributed by atoms with Gasteiger partial charge in [0.25, 0.3) is 0 Å². The second-order valence-electron chi connectivity index (χ2n) is 16.0. The lowest BCUT2D eigenvalue weighted by Crippen LogP contribution is -2.33. The first-order valence-corrected chi connectivity index (χ1v) is 17.9. The minimum atomic E-state index is -1.30. The Hall–Kier alpha value is -4.32. The molecular weight excluding hydrogens is 667 g/mol. The number of benzene rings is 5. The van der Waals surface area contributed by atoms with Crippen molar-refractivity contribution < 1.29 is 24.5 Å². The summed E-state index contributed by atoms with van der Waals surface area (Å²) in [6.45, 7) is 13.6. The second kappa shape index (κ2) is 11.1. The monoisotopic (exact) mass is 704 g/mol. The van der Waals surface area contributed by atoms with Crippen LogP contribution in [0.1, 0.15) is 115 Å². The molecular formula is C43H38Cl2O5. The van der Waals surface area contributed by atoms with Crippen LogP contribution in [0.25, 0.3) is 33.2 Å². The third-order valence-electron chi connectivity index (χ3n) is 11.0. The topological polar surface area (TPSA) is 83.8 Å². The Kier molecular flexibility index (Phi) is 7.29. The Morgan fingerprint density at radius 2 is 1.40 bits per heavy atom. The summed E-state index contributed by atoms with van der Waals surface area (Å²) in [5, 5.41) is 26.4. The van der Waals surface area contributed by atoms with Gasteiger partial charge in [-0.05, 0) is 80.3 Å². The number of ether oxygens (including phenoxy) is 1. The molecule has 2 aliphatic carbocycles. The average molecular weight is 706 g/mol. The van der Waals surface area contributed by atoms with Crippen molar-refractivity contribution in [3.8, 4) is 11.5 Å². The first kappa shape index (κ1) is 32.9. The normalized spacial score (nSPS) is 19.9. The van der Waals surface area contributed by atoms with Crippen LogP contribution in [0.5, 0.6) is 11.5 Å². The predicted octanol–water partition coefficient (Wildman–Crippen LogP) is 10.4. The second-order valence-corrected chi connectivity index (χ2v) is 16.7. The number of carboxylic acid groups (broad SMARTS) is 2. The maximum absolute atomic E-state index is 13.2. The van der Waals surface area contributed by atoms with E-state index in [2.05, 4.69) is 59.8 Å². The van der Waals surface area contributed by atoms with E-state index >= 15 is 0 Å². The molecule has 0 saturated heterocycles. The van der Waals surface area contributed by atoms with Gasteiger partial charge < -0.3 is 14.9 Å².